The van der Waals surface area contributed by atoms with Gasteiger partial charge in [-0.25, -0.2) is 0 Å². The van der Waals surface area contributed by atoms with Crippen LogP contribution in [0.4, 0.5) is 0 Å². The Morgan fingerprint density at radius 2 is 1.17 bits per heavy atom. The fraction of sp³-hybridized carbons (Fsp3) is 0.478. The number of hydrogen-bond acceptors (Lipinski definition) is 4. The molecule has 4 nitrogen and oxygen atoms in total. The van der Waals surface area contributed by atoms with E-state index in [4.69, 9.17) is 18.1 Å². The van der Waals surface area contributed by atoms with Gasteiger partial charge >= 0.3 is 0 Å². The lowest BCUT2D eigenvalue weighted by Gasteiger charge is -2.30. The van der Waals surface area contributed by atoms with Crippen molar-refractivity contribution < 1.29 is 18.1 Å². The molecule has 2 aliphatic carbocycles. The molecule has 2 aromatic rings. The number of para-hydroxylation sites is 2. The van der Waals surface area contributed by atoms with E-state index >= 15 is 0 Å². The highest BCUT2D eigenvalue weighted by molar-refractivity contribution is 7.26. The standard InChI is InChI=1S/C23H30O4P2/c1-16-7-3-5-9-22(16)26-28-24-14-20-18-11-12-19(13-18)21(20)15-25-29-27-23-10-6-4-8-17(23)2/h3-10,18-21,28-29H,11-15H2,1-2H3. The molecule has 0 spiro atoms. The number of aryl methyl sites for hydroxylation is 2. The van der Waals surface area contributed by atoms with E-state index in [1.165, 1.54) is 19.3 Å². The van der Waals surface area contributed by atoms with Gasteiger partial charge in [0.15, 0.2) is 0 Å². The molecular formula is C23H30O4P2. The Kier molecular flexibility index (Phi) is 7.43. The molecule has 6 atom stereocenters. The predicted octanol–water partition coefficient (Wildman–Crippen LogP) is 6.47. The highest BCUT2D eigenvalue weighted by Crippen LogP contribution is 2.53. The first-order valence-corrected chi connectivity index (χ1v) is 12.0. The van der Waals surface area contributed by atoms with Crippen LogP contribution in [-0.4, -0.2) is 13.2 Å². The van der Waals surface area contributed by atoms with Crippen molar-refractivity contribution >= 4 is 18.1 Å². The molecule has 0 N–H and O–H groups in total. The van der Waals surface area contributed by atoms with Crippen LogP contribution in [0.25, 0.3) is 0 Å². The van der Waals surface area contributed by atoms with Crippen LogP contribution in [0.5, 0.6) is 11.5 Å². The summed E-state index contributed by atoms with van der Waals surface area (Å²) in [6, 6.07) is 16.1. The van der Waals surface area contributed by atoms with Gasteiger partial charge in [-0.15, -0.1) is 0 Å². The summed E-state index contributed by atoms with van der Waals surface area (Å²) in [7, 11) is 0.0931. The third-order valence-electron chi connectivity index (χ3n) is 6.43. The number of fused-ring (bicyclic) bond motifs is 2. The van der Waals surface area contributed by atoms with E-state index in [1.54, 1.807) is 0 Å². The molecule has 0 aliphatic heterocycles. The highest BCUT2D eigenvalue weighted by Gasteiger charge is 2.47. The second kappa shape index (κ2) is 10.2. The van der Waals surface area contributed by atoms with Crippen molar-refractivity contribution in [1.29, 1.82) is 0 Å². The lowest BCUT2D eigenvalue weighted by molar-refractivity contribution is 0.103. The molecule has 156 valence electrons. The van der Waals surface area contributed by atoms with Crippen molar-refractivity contribution in [3.8, 4) is 11.5 Å². The molecule has 4 rings (SSSR count). The molecule has 2 saturated carbocycles. The van der Waals surface area contributed by atoms with Crippen LogP contribution >= 0.6 is 18.1 Å². The van der Waals surface area contributed by atoms with Crippen LogP contribution < -0.4 is 9.05 Å². The predicted molar refractivity (Wildman–Crippen MR) is 120 cm³/mol. The molecule has 6 unspecified atom stereocenters. The fourth-order valence-electron chi connectivity index (χ4n) is 4.80. The topological polar surface area (TPSA) is 36.9 Å². The maximum absolute atomic E-state index is 5.97. The minimum absolute atomic E-state index is 0.0466. The Bertz CT molecular complexity index is 734. The van der Waals surface area contributed by atoms with Gasteiger partial charge in [0.2, 0.25) is 18.1 Å². The van der Waals surface area contributed by atoms with E-state index in [9.17, 15) is 0 Å². The largest absolute Gasteiger partial charge is 0.449 e. The number of rotatable bonds is 10. The molecule has 2 bridgehead atoms. The number of hydrogen-bond donors (Lipinski definition) is 0. The van der Waals surface area contributed by atoms with Crippen molar-refractivity contribution in [2.45, 2.75) is 33.1 Å². The Hall–Kier alpha value is -1.18. The molecular weight excluding hydrogens is 402 g/mol. The molecule has 0 heterocycles. The third kappa shape index (κ3) is 5.30. The molecule has 2 fully saturated rings. The second-order valence-electron chi connectivity index (χ2n) is 8.18. The van der Waals surface area contributed by atoms with Gasteiger partial charge < -0.3 is 18.1 Å². The SMILES string of the molecule is Cc1ccccc1OPOCC1C2CCC(C2)C1COPOc1ccccc1C. The Labute approximate surface area is 177 Å². The van der Waals surface area contributed by atoms with Gasteiger partial charge in [-0.05, 0) is 80.0 Å². The fourth-order valence-corrected chi connectivity index (χ4v) is 6.08. The summed E-state index contributed by atoms with van der Waals surface area (Å²) in [5.41, 5.74) is 2.29. The van der Waals surface area contributed by atoms with Gasteiger partial charge in [0.25, 0.3) is 0 Å². The van der Waals surface area contributed by atoms with E-state index in [0.29, 0.717) is 11.8 Å². The first-order chi connectivity index (χ1) is 14.2. The van der Waals surface area contributed by atoms with Gasteiger partial charge in [0, 0.05) is 0 Å². The smallest absolute Gasteiger partial charge is 0.215 e. The summed E-state index contributed by atoms with van der Waals surface area (Å²) in [6.45, 7) is 5.65. The van der Waals surface area contributed by atoms with Crippen LogP contribution in [-0.2, 0) is 9.05 Å². The minimum Gasteiger partial charge on any atom is -0.449 e. The van der Waals surface area contributed by atoms with Crippen molar-refractivity contribution in [3.05, 3.63) is 59.7 Å². The second-order valence-corrected chi connectivity index (χ2v) is 9.50. The summed E-state index contributed by atoms with van der Waals surface area (Å²) >= 11 is 0. The van der Waals surface area contributed by atoms with Gasteiger partial charge in [0.05, 0.1) is 13.2 Å². The van der Waals surface area contributed by atoms with Crippen molar-refractivity contribution in [3.63, 3.8) is 0 Å². The van der Waals surface area contributed by atoms with E-state index in [-0.39, 0.29) is 18.1 Å². The summed E-state index contributed by atoms with van der Waals surface area (Å²) in [4.78, 5) is 0. The minimum atomic E-state index is 0.0466. The Morgan fingerprint density at radius 1 is 0.724 bits per heavy atom. The van der Waals surface area contributed by atoms with Crippen molar-refractivity contribution in [2.75, 3.05) is 13.2 Å². The van der Waals surface area contributed by atoms with Crippen LogP contribution in [0, 0.1) is 37.5 Å². The Balaban J connectivity index is 1.21. The normalized spacial score (nSPS) is 26.1. The summed E-state index contributed by atoms with van der Waals surface area (Å²) in [5.74, 6) is 4.52. The zero-order chi connectivity index (χ0) is 20.1. The Morgan fingerprint density at radius 3 is 1.62 bits per heavy atom. The lowest BCUT2D eigenvalue weighted by Crippen LogP contribution is -2.28. The van der Waals surface area contributed by atoms with Gasteiger partial charge in [0.1, 0.15) is 11.5 Å². The molecule has 6 heteroatoms. The van der Waals surface area contributed by atoms with Gasteiger partial charge in [-0.2, -0.15) is 0 Å². The molecule has 2 aliphatic rings. The van der Waals surface area contributed by atoms with Crippen molar-refractivity contribution in [1.82, 2.24) is 0 Å². The van der Waals surface area contributed by atoms with E-state index in [2.05, 4.69) is 26.0 Å². The molecule has 0 aromatic heterocycles. The maximum atomic E-state index is 5.97. The zero-order valence-corrected chi connectivity index (χ0v) is 19.1. The van der Waals surface area contributed by atoms with Gasteiger partial charge in [-0.1, -0.05) is 36.4 Å². The molecule has 29 heavy (non-hydrogen) atoms. The molecule has 0 saturated heterocycles. The van der Waals surface area contributed by atoms with Crippen molar-refractivity contribution in [2.24, 2.45) is 23.7 Å². The van der Waals surface area contributed by atoms with Crippen LogP contribution in [0.15, 0.2) is 48.5 Å². The highest BCUT2D eigenvalue weighted by atomic mass is 31.1. The average molecular weight is 432 g/mol. The third-order valence-corrected chi connectivity index (χ3v) is 7.61. The molecule has 2 aromatic carbocycles. The number of benzene rings is 2. The van der Waals surface area contributed by atoms with Crippen LogP contribution in [0.2, 0.25) is 0 Å². The maximum Gasteiger partial charge on any atom is 0.215 e. The van der Waals surface area contributed by atoms with Crippen LogP contribution in [0.1, 0.15) is 30.4 Å². The summed E-state index contributed by atoms with van der Waals surface area (Å²) in [5, 5.41) is 0. The first kappa shape index (κ1) is 21.1. The quantitative estimate of drug-likeness (QED) is 0.318. The monoisotopic (exact) mass is 432 g/mol. The van der Waals surface area contributed by atoms with E-state index < -0.39 is 0 Å². The first-order valence-electron chi connectivity index (χ1n) is 10.4. The van der Waals surface area contributed by atoms with Crippen LogP contribution in [0.3, 0.4) is 0 Å². The van der Waals surface area contributed by atoms with E-state index in [1.807, 2.05) is 36.4 Å². The van der Waals surface area contributed by atoms with E-state index in [0.717, 1.165) is 47.7 Å². The summed E-state index contributed by atoms with van der Waals surface area (Å²) < 4.78 is 23.6. The lowest BCUT2D eigenvalue weighted by atomic mass is 9.80. The molecule has 0 radical (unpaired) electrons. The summed E-state index contributed by atoms with van der Waals surface area (Å²) in [6.07, 6.45) is 3.99. The zero-order valence-electron chi connectivity index (χ0n) is 17.1. The average Bonchev–Trinajstić information content (AvgIpc) is 3.33. The van der Waals surface area contributed by atoms with Gasteiger partial charge in [-0.3, -0.25) is 0 Å². The molecule has 0 amide bonds.